The summed E-state index contributed by atoms with van der Waals surface area (Å²) < 4.78 is 0. The predicted octanol–water partition coefficient (Wildman–Crippen LogP) is 19.0. The fraction of sp³-hybridized carbons (Fsp3) is 0.0141. The summed E-state index contributed by atoms with van der Waals surface area (Å²) in [6.07, 6.45) is 0. The van der Waals surface area contributed by atoms with E-state index in [1.807, 2.05) is 0 Å². The van der Waals surface area contributed by atoms with Gasteiger partial charge in [0.05, 0.1) is 5.41 Å². The van der Waals surface area contributed by atoms with Crippen molar-refractivity contribution in [3.63, 3.8) is 0 Å². The molecule has 12 aromatic carbocycles. The first-order valence-electron chi connectivity index (χ1n) is 24.9. The molecule has 0 unspecified atom stereocenters. The van der Waals surface area contributed by atoms with E-state index in [0.717, 1.165) is 17.1 Å². The Labute approximate surface area is 422 Å². The molecule has 13 rings (SSSR count). The van der Waals surface area contributed by atoms with E-state index in [0.29, 0.717) is 0 Å². The molecule has 0 fully saturated rings. The highest BCUT2D eigenvalue weighted by Crippen LogP contribution is 2.56. The Balaban J connectivity index is 0.883. The second kappa shape index (κ2) is 18.2. The van der Waals surface area contributed by atoms with Gasteiger partial charge in [-0.25, -0.2) is 0 Å². The van der Waals surface area contributed by atoms with Crippen LogP contribution in [0.4, 0.5) is 17.1 Å². The van der Waals surface area contributed by atoms with Gasteiger partial charge in [-0.3, -0.25) is 0 Å². The molecule has 0 bridgehead atoms. The lowest BCUT2D eigenvalue weighted by Crippen LogP contribution is -2.28. The molecule has 12 aromatic rings. The van der Waals surface area contributed by atoms with Crippen LogP contribution in [0.5, 0.6) is 0 Å². The lowest BCUT2D eigenvalue weighted by atomic mass is 9.67. The van der Waals surface area contributed by atoms with Gasteiger partial charge in [-0.2, -0.15) is 0 Å². The lowest BCUT2D eigenvalue weighted by Gasteiger charge is -2.34. The summed E-state index contributed by atoms with van der Waals surface area (Å²) in [5.41, 5.74) is 22.5. The number of hydrogen-bond donors (Lipinski definition) is 0. The molecule has 0 N–H and O–H groups in total. The molecule has 0 atom stereocenters. The maximum atomic E-state index is 2.45. The standard InChI is InChI=1S/C71H49N/c1-4-17-50(18-5-1)55-21-14-22-56(47-55)51-33-40-62(41-34-51)72(63-42-35-52(36-43-63)57-23-15-24-59(48-57)66-31-16-20-54-19-10-11-29-65(54)66)64-44-37-53(38-45-64)58-39-46-68-67-30-12-13-32-69(67)71(70(68)49-58,60-25-6-2-7-26-60)61-27-8-3-9-28-61/h1-49H. The fourth-order valence-corrected chi connectivity index (χ4v) is 11.3. The van der Waals surface area contributed by atoms with Gasteiger partial charge in [-0.1, -0.05) is 243 Å². The number of benzene rings is 12. The smallest absolute Gasteiger partial charge is 0.0713 e. The summed E-state index contributed by atoms with van der Waals surface area (Å²) in [6.45, 7) is 0. The van der Waals surface area contributed by atoms with Crippen LogP contribution in [-0.4, -0.2) is 0 Å². The van der Waals surface area contributed by atoms with Crippen LogP contribution in [0.25, 0.3) is 77.5 Å². The van der Waals surface area contributed by atoms with E-state index in [9.17, 15) is 0 Å². The average Bonchev–Trinajstić information content (AvgIpc) is 3.77. The van der Waals surface area contributed by atoms with Crippen LogP contribution >= 0.6 is 0 Å². The molecule has 72 heavy (non-hydrogen) atoms. The lowest BCUT2D eigenvalue weighted by molar-refractivity contribution is 0.769. The maximum absolute atomic E-state index is 2.45. The Hall–Kier alpha value is -9.30. The van der Waals surface area contributed by atoms with E-state index in [1.165, 1.54) is 99.8 Å². The zero-order valence-corrected chi connectivity index (χ0v) is 39.7. The zero-order chi connectivity index (χ0) is 47.8. The molecule has 0 spiro atoms. The monoisotopic (exact) mass is 915 g/mol. The average molecular weight is 916 g/mol. The van der Waals surface area contributed by atoms with Gasteiger partial charge in [0, 0.05) is 17.1 Å². The number of anilines is 3. The van der Waals surface area contributed by atoms with Crippen molar-refractivity contribution in [2.45, 2.75) is 5.41 Å². The Bertz CT molecular complexity index is 3830. The molecule has 0 saturated heterocycles. The third-order valence-corrected chi connectivity index (χ3v) is 14.8. The second-order valence-corrected chi connectivity index (χ2v) is 18.8. The summed E-state index contributed by atoms with van der Waals surface area (Å²) in [7, 11) is 0. The van der Waals surface area contributed by atoms with Crippen molar-refractivity contribution < 1.29 is 0 Å². The van der Waals surface area contributed by atoms with Crippen LogP contribution < -0.4 is 4.90 Å². The summed E-state index contributed by atoms with van der Waals surface area (Å²) in [4.78, 5) is 2.37. The summed E-state index contributed by atoms with van der Waals surface area (Å²) in [6, 6.07) is 109. The fourth-order valence-electron chi connectivity index (χ4n) is 11.3. The number of rotatable bonds is 10. The highest BCUT2D eigenvalue weighted by molar-refractivity contribution is 5.97. The Morgan fingerprint density at radius 1 is 0.222 bits per heavy atom. The Morgan fingerprint density at radius 2 is 0.597 bits per heavy atom. The second-order valence-electron chi connectivity index (χ2n) is 18.8. The van der Waals surface area contributed by atoms with Crippen molar-refractivity contribution in [2.24, 2.45) is 0 Å². The molecule has 1 aliphatic rings. The zero-order valence-electron chi connectivity index (χ0n) is 39.7. The van der Waals surface area contributed by atoms with Gasteiger partial charge in [0.25, 0.3) is 0 Å². The van der Waals surface area contributed by atoms with E-state index in [2.05, 4.69) is 302 Å². The van der Waals surface area contributed by atoms with Gasteiger partial charge in [0.15, 0.2) is 0 Å². The van der Waals surface area contributed by atoms with E-state index in [4.69, 9.17) is 0 Å². The number of hydrogen-bond acceptors (Lipinski definition) is 1. The quantitative estimate of drug-likeness (QED) is 0.132. The first-order chi connectivity index (χ1) is 35.7. The first-order valence-corrected chi connectivity index (χ1v) is 24.9. The molecule has 338 valence electrons. The van der Waals surface area contributed by atoms with Crippen LogP contribution in [0.1, 0.15) is 22.3 Å². The van der Waals surface area contributed by atoms with Crippen LogP contribution in [0.2, 0.25) is 0 Å². The minimum Gasteiger partial charge on any atom is -0.311 e. The summed E-state index contributed by atoms with van der Waals surface area (Å²) in [5, 5.41) is 2.51. The summed E-state index contributed by atoms with van der Waals surface area (Å²) in [5.74, 6) is 0. The third kappa shape index (κ3) is 7.51. The van der Waals surface area contributed by atoms with Crippen LogP contribution in [0.15, 0.2) is 297 Å². The first kappa shape index (κ1) is 42.8. The van der Waals surface area contributed by atoms with E-state index in [1.54, 1.807) is 0 Å². The molecular weight excluding hydrogens is 867 g/mol. The molecule has 1 aliphatic carbocycles. The molecule has 0 heterocycles. The third-order valence-electron chi connectivity index (χ3n) is 14.8. The normalized spacial score (nSPS) is 12.3. The molecule has 1 heteroatoms. The molecule has 0 amide bonds. The van der Waals surface area contributed by atoms with Gasteiger partial charge in [0.1, 0.15) is 0 Å². The van der Waals surface area contributed by atoms with Gasteiger partial charge < -0.3 is 4.90 Å². The van der Waals surface area contributed by atoms with Crippen molar-refractivity contribution in [3.05, 3.63) is 320 Å². The molecule has 0 aliphatic heterocycles. The number of fused-ring (bicyclic) bond motifs is 4. The largest absolute Gasteiger partial charge is 0.311 e. The van der Waals surface area contributed by atoms with E-state index < -0.39 is 5.41 Å². The van der Waals surface area contributed by atoms with Crippen LogP contribution in [-0.2, 0) is 5.41 Å². The van der Waals surface area contributed by atoms with Crippen LogP contribution in [0, 0.1) is 0 Å². The van der Waals surface area contributed by atoms with Crippen molar-refractivity contribution in [1.82, 2.24) is 0 Å². The van der Waals surface area contributed by atoms with Gasteiger partial charge in [0.2, 0.25) is 0 Å². The highest BCUT2D eigenvalue weighted by atomic mass is 15.1. The SMILES string of the molecule is c1ccc(-c2cccc(-c3ccc(N(c4ccc(-c5cccc(-c6cccc7ccccc67)c5)cc4)c4ccc(-c5ccc6c(c5)C(c5ccccc5)(c5ccccc5)c5ccccc5-6)cc4)cc3)c2)cc1. The predicted molar refractivity (Wildman–Crippen MR) is 303 cm³/mol. The molecule has 0 aromatic heterocycles. The minimum atomic E-state index is -0.459. The highest BCUT2D eigenvalue weighted by Gasteiger charge is 2.46. The van der Waals surface area contributed by atoms with Crippen molar-refractivity contribution >= 4 is 27.8 Å². The van der Waals surface area contributed by atoms with Gasteiger partial charge in [-0.05, 0) is 154 Å². The summed E-state index contributed by atoms with van der Waals surface area (Å²) >= 11 is 0. The Morgan fingerprint density at radius 3 is 1.18 bits per heavy atom. The molecule has 0 saturated carbocycles. The van der Waals surface area contributed by atoms with Crippen molar-refractivity contribution in [2.75, 3.05) is 4.90 Å². The molecule has 0 radical (unpaired) electrons. The van der Waals surface area contributed by atoms with Crippen molar-refractivity contribution in [3.8, 4) is 66.8 Å². The van der Waals surface area contributed by atoms with Crippen LogP contribution in [0.3, 0.4) is 0 Å². The van der Waals surface area contributed by atoms with Gasteiger partial charge >= 0.3 is 0 Å². The molecule has 1 nitrogen and oxygen atoms in total. The minimum absolute atomic E-state index is 0.459. The van der Waals surface area contributed by atoms with E-state index >= 15 is 0 Å². The van der Waals surface area contributed by atoms with Crippen molar-refractivity contribution in [1.29, 1.82) is 0 Å². The van der Waals surface area contributed by atoms with E-state index in [-0.39, 0.29) is 0 Å². The Kier molecular flexibility index (Phi) is 10.8. The number of nitrogens with zero attached hydrogens (tertiary/aromatic N) is 1. The topological polar surface area (TPSA) is 3.24 Å². The maximum Gasteiger partial charge on any atom is 0.0713 e. The molecular formula is C71H49N. The van der Waals surface area contributed by atoms with Gasteiger partial charge in [-0.15, -0.1) is 0 Å².